The van der Waals surface area contributed by atoms with Gasteiger partial charge in [0.2, 0.25) is 11.8 Å². The Labute approximate surface area is 722 Å². The number of rotatable bonds is 33. The van der Waals surface area contributed by atoms with Gasteiger partial charge in [0.1, 0.15) is 268 Å². The van der Waals surface area contributed by atoms with Crippen molar-refractivity contribution in [2.24, 2.45) is 0 Å². The van der Waals surface area contributed by atoms with Crippen molar-refractivity contribution in [1.29, 1.82) is 0 Å². The van der Waals surface area contributed by atoms with Crippen LogP contribution in [-0.4, -0.2) is 591 Å². The minimum absolute atomic E-state index is 0.827. The Morgan fingerprint density at radius 3 is 0.742 bits per heavy atom. The first-order valence-electron chi connectivity index (χ1n) is 40.7. The number of ether oxygens (including phenoxy) is 21. The van der Waals surface area contributed by atoms with E-state index in [1.165, 1.54) is 0 Å². The van der Waals surface area contributed by atoms with Gasteiger partial charge in [-0.3, -0.25) is 9.59 Å². The van der Waals surface area contributed by atoms with Gasteiger partial charge in [0.05, 0.1) is 72.7 Å². The van der Waals surface area contributed by atoms with Crippen LogP contribution in [0.4, 0.5) is 0 Å². The van der Waals surface area contributed by atoms with E-state index in [9.17, 15) is 178 Å². The van der Waals surface area contributed by atoms with E-state index in [-0.39, 0.29) is 0 Å². The third-order valence-electron chi connectivity index (χ3n) is 23.8. The first-order chi connectivity index (χ1) is 60.7. The average molecular weight is 1880 g/mol. The molecule has 11 aliphatic heterocycles. The Hall–Kier alpha value is -3.22. The van der Waals surface area contributed by atoms with Gasteiger partial charge in [0, 0.05) is 13.8 Å². The maximum atomic E-state index is 13.1. The molecule has 0 bridgehead atoms. The third-order valence-corrected chi connectivity index (χ3v) is 23.8. The van der Waals surface area contributed by atoms with Gasteiger partial charge in [-0.1, -0.05) is 0 Å². The minimum Gasteiger partial charge on any atom is -0.394 e. The van der Waals surface area contributed by atoms with E-state index < -0.39 is 422 Å². The van der Waals surface area contributed by atoms with Crippen LogP contribution in [0, 0.1) is 0 Å². The first kappa shape index (κ1) is 105. The lowest BCUT2D eigenvalue weighted by Gasteiger charge is -2.51. The van der Waals surface area contributed by atoms with Crippen LogP contribution in [0.5, 0.6) is 0 Å². The number of hydrogen-bond acceptors (Lipinski definition) is 56. The molecular formula is C70H118N2O56. The largest absolute Gasteiger partial charge is 0.394 e. The maximum Gasteiger partial charge on any atom is 0.217 e. The zero-order valence-electron chi connectivity index (χ0n) is 67.7. The molecular weight excluding hydrogens is 1760 g/mol. The number of hydrogen-bond donors (Lipinski definition) is 35. The van der Waals surface area contributed by atoms with Crippen molar-refractivity contribution in [2.75, 3.05) is 72.7 Å². The standard InChI is InChI=1S/C70H118N2O56/c1-14(82)71-27-38(93)52(23(10-80)110-60(27)107)121-61-28(72-15(2)83)39(94)53(24(11-81)118-61)122-65-50(105)54(36(91)25(119-65)12-109-68-57(44(99)33(88)20(7-77)115-68)128-70-59(46(101)35(90)22(9-79)117-70)127-64-49(104)42(97)31(86)18(5-75)113-64)123-66-51(106)55(124-69-58(45(100)34(89)21(8-78)116-69)126-63-48(103)41(96)30(85)17(4-74)112-63)37(92)26(120-66)13-108-67-56(43(98)32(87)19(6-76)114-67)125-62-47(102)40(95)29(84)16(3-73)111-62/h16-70,73-81,84-107H,3-13H2,1-2H3,(H,71,82)(H,72,83)/t16-,17-,18-,19-,20-,21-,22-,23-,24-,25-,26-,27-,28-,29-,30-,31-,32-,33-,34-,35-,36-,37-,38-,39-,40+,41+,42+,43+,44+,45+,46+,47+,48-,49+,50+,51+,52-,53-,54+,55+,56+,57+,58+,59+,60-,61+,62-,63-,64-,65+,66-,67+,68+,69-,70-/m1/s1. The number of nitrogens with one attached hydrogen (secondary N) is 2. The van der Waals surface area contributed by atoms with Crippen molar-refractivity contribution in [3.05, 3.63) is 0 Å². The predicted octanol–water partition coefficient (Wildman–Crippen LogP) is -24.7. The van der Waals surface area contributed by atoms with Crippen molar-refractivity contribution in [3.63, 3.8) is 0 Å². The van der Waals surface area contributed by atoms with Crippen LogP contribution in [0.2, 0.25) is 0 Å². The van der Waals surface area contributed by atoms with Gasteiger partial charge in [-0.15, -0.1) is 0 Å². The molecule has 35 N–H and O–H groups in total. The average Bonchev–Trinajstić information content (AvgIpc) is 0.761. The fourth-order valence-electron chi connectivity index (χ4n) is 16.5. The second-order valence-corrected chi connectivity index (χ2v) is 32.3. The summed E-state index contributed by atoms with van der Waals surface area (Å²) < 4.78 is 124. The van der Waals surface area contributed by atoms with Crippen LogP contribution in [-0.2, 0) is 109 Å². The van der Waals surface area contributed by atoms with Crippen molar-refractivity contribution < 1.29 is 278 Å². The van der Waals surface area contributed by atoms with E-state index in [2.05, 4.69) is 10.6 Å². The molecule has 0 unspecified atom stereocenters. The van der Waals surface area contributed by atoms with Gasteiger partial charge in [-0.05, 0) is 0 Å². The van der Waals surface area contributed by atoms with Crippen LogP contribution in [0.25, 0.3) is 0 Å². The van der Waals surface area contributed by atoms with Crippen molar-refractivity contribution in [3.8, 4) is 0 Å². The van der Waals surface area contributed by atoms with Crippen LogP contribution >= 0.6 is 0 Å². The molecule has 58 heteroatoms. The van der Waals surface area contributed by atoms with Crippen LogP contribution in [0.3, 0.4) is 0 Å². The molecule has 11 saturated heterocycles. The van der Waals surface area contributed by atoms with Crippen molar-refractivity contribution in [2.45, 2.75) is 351 Å². The second-order valence-electron chi connectivity index (χ2n) is 32.3. The maximum absolute atomic E-state index is 13.1. The molecule has 11 rings (SSSR count). The summed E-state index contributed by atoms with van der Waals surface area (Å²) in [4.78, 5) is 25.4. The van der Waals surface area contributed by atoms with Crippen LogP contribution < -0.4 is 10.6 Å². The molecule has 0 radical (unpaired) electrons. The molecule has 11 aliphatic rings. The molecule has 0 aliphatic carbocycles. The summed E-state index contributed by atoms with van der Waals surface area (Å²) in [6.45, 7) is -10.9. The Bertz CT molecular complexity index is 3380. The number of amides is 2. The zero-order valence-corrected chi connectivity index (χ0v) is 67.7. The summed E-state index contributed by atoms with van der Waals surface area (Å²) in [6, 6.07) is -3.72. The number of aliphatic hydroxyl groups is 33. The normalized spacial score (nSPS) is 51.7. The Kier molecular flexibility index (Phi) is 37.7. The zero-order chi connectivity index (χ0) is 94.0. The Balaban J connectivity index is 0.969. The highest BCUT2D eigenvalue weighted by Crippen LogP contribution is 2.42. The highest BCUT2D eigenvalue weighted by atomic mass is 16.8. The molecule has 0 spiro atoms. The summed E-state index contributed by atoms with van der Waals surface area (Å²) in [7, 11) is 0. The van der Waals surface area contributed by atoms with Gasteiger partial charge < -0.3 is 279 Å². The van der Waals surface area contributed by atoms with E-state index in [0.717, 1.165) is 13.8 Å². The topological polar surface area (TPSA) is 920 Å². The Morgan fingerprint density at radius 1 is 0.203 bits per heavy atom. The smallest absolute Gasteiger partial charge is 0.217 e. The lowest BCUT2D eigenvalue weighted by atomic mass is 9.94. The van der Waals surface area contributed by atoms with E-state index in [0.29, 0.717) is 0 Å². The summed E-state index contributed by atoms with van der Waals surface area (Å²) in [5, 5.41) is 373. The van der Waals surface area contributed by atoms with Crippen molar-refractivity contribution in [1.82, 2.24) is 10.6 Å². The molecule has 0 aromatic heterocycles. The highest BCUT2D eigenvalue weighted by Gasteiger charge is 2.62. The SMILES string of the molecule is CC(=O)N[C@@H]1[C@@H](O)[C@H](O[C@@H]2O[C@H](CO)[C@@H](O[C@@H]3O[C@H](CO[C@H]4O[C@H](CO)[C@@H](O)[C@H](O)[C@@H]4O[C@H]4O[C@H](CO)[C@@H](O)[C@H](O)[C@@H]4O[C@H]4O[C@H](CO)[C@@H](O)[C@H](O)[C@@H]4O)[C@@H](O)[C@H](O[C@H]4O[C@H](CO[C@H]5O[C@H](CO)[C@@H](O)[C@H](O)[C@@H]5O[C@H]5O[C@H](CO)[C@@H](O)[C@H](O)[C@@H]5O)[C@@H](O)[C@H](O[C@H]5O[C@H](CO)[C@@H](O)[C@H](O)[C@@H]5O[C@H]5O[C@H](CO)[C@@H](O)[C@H](O)[C@H]5O)[C@@H]4O)[C@@H]3O)[C@H](O)[C@H]2NC(C)=O)[C@@H](CO)O[C@H]1O. The second kappa shape index (κ2) is 45.8. The van der Waals surface area contributed by atoms with Crippen molar-refractivity contribution >= 4 is 11.8 Å². The first-order valence-corrected chi connectivity index (χ1v) is 40.7. The molecule has 744 valence electrons. The lowest BCUT2D eigenvalue weighted by Crippen LogP contribution is -2.70. The quantitative estimate of drug-likeness (QED) is 0.0290. The summed E-state index contributed by atoms with van der Waals surface area (Å²) in [6.07, 6.45) is -118. The lowest BCUT2D eigenvalue weighted by molar-refractivity contribution is -0.406. The van der Waals surface area contributed by atoms with E-state index in [1.54, 1.807) is 0 Å². The molecule has 0 saturated carbocycles. The van der Waals surface area contributed by atoms with Crippen LogP contribution in [0.15, 0.2) is 0 Å². The molecule has 11 fully saturated rings. The van der Waals surface area contributed by atoms with Gasteiger partial charge in [0.15, 0.2) is 69.2 Å². The van der Waals surface area contributed by atoms with E-state index in [4.69, 9.17) is 99.5 Å². The third kappa shape index (κ3) is 22.5. The fourth-order valence-corrected chi connectivity index (χ4v) is 16.5. The van der Waals surface area contributed by atoms with Gasteiger partial charge >= 0.3 is 0 Å². The Morgan fingerprint density at radius 2 is 0.422 bits per heavy atom. The molecule has 55 atom stereocenters. The summed E-state index contributed by atoms with van der Waals surface area (Å²) >= 11 is 0. The molecule has 0 aromatic carbocycles. The van der Waals surface area contributed by atoms with E-state index >= 15 is 0 Å². The number of aliphatic hydroxyl groups excluding tert-OH is 33. The highest BCUT2D eigenvalue weighted by molar-refractivity contribution is 5.73. The number of carbonyl (C=O) groups excluding carboxylic acids is 2. The van der Waals surface area contributed by atoms with Gasteiger partial charge in [-0.2, -0.15) is 0 Å². The van der Waals surface area contributed by atoms with E-state index in [1.807, 2.05) is 0 Å². The molecule has 0 aromatic rings. The monoisotopic (exact) mass is 1880 g/mol. The molecule has 11 heterocycles. The van der Waals surface area contributed by atoms with Crippen LogP contribution in [0.1, 0.15) is 13.8 Å². The predicted molar refractivity (Wildman–Crippen MR) is 386 cm³/mol. The minimum atomic E-state index is -2.76. The summed E-state index contributed by atoms with van der Waals surface area (Å²) in [5.74, 6) is -1.83. The molecule has 2 amide bonds. The summed E-state index contributed by atoms with van der Waals surface area (Å²) in [5.41, 5.74) is 0. The molecule has 128 heavy (non-hydrogen) atoms. The number of carbonyl (C=O) groups is 2. The fraction of sp³-hybridized carbons (Fsp3) is 0.971. The van der Waals surface area contributed by atoms with Gasteiger partial charge in [-0.25, -0.2) is 0 Å². The van der Waals surface area contributed by atoms with Gasteiger partial charge in [0.25, 0.3) is 0 Å². The molecule has 58 nitrogen and oxygen atoms in total.